The number of methoxy groups -OCH3 is 1. The third kappa shape index (κ3) is 2.01. The first-order chi connectivity index (χ1) is 7.31. The number of hydrogen-bond donors (Lipinski definition) is 0. The van der Waals surface area contributed by atoms with Crippen molar-refractivity contribution in [1.29, 1.82) is 0 Å². The maximum absolute atomic E-state index is 11.3. The second-order valence-electron chi connectivity index (χ2n) is 3.30. The molecule has 0 N–H and O–H groups in total. The summed E-state index contributed by atoms with van der Waals surface area (Å²) in [5, 5.41) is 0. The highest BCUT2D eigenvalue weighted by Gasteiger charge is 2.10. The van der Waals surface area contributed by atoms with E-state index in [-0.39, 0.29) is 5.97 Å². The highest BCUT2D eigenvalue weighted by atomic mass is 16.5. The molecule has 0 unspecified atom stereocenters. The summed E-state index contributed by atoms with van der Waals surface area (Å²) in [4.78, 5) is 11.3. The van der Waals surface area contributed by atoms with Crippen molar-refractivity contribution < 1.29 is 14.3 Å². The fourth-order valence-corrected chi connectivity index (χ4v) is 1.54. The lowest BCUT2D eigenvalue weighted by atomic mass is 10.1. The highest BCUT2D eigenvalue weighted by Crippen LogP contribution is 2.23. The molecule has 1 aliphatic heterocycles. The lowest BCUT2D eigenvalue weighted by molar-refractivity contribution is 0.0600. The Bertz CT molecular complexity index is 407. The highest BCUT2D eigenvalue weighted by molar-refractivity contribution is 5.89. The Kier molecular flexibility index (Phi) is 2.72. The second kappa shape index (κ2) is 4.17. The molecule has 0 spiro atoms. The van der Waals surface area contributed by atoms with Gasteiger partial charge in [-0.05, 0) is 30.2 Å². The maximum Gasteiger partial charge on any atom is 0.337 e. The van der Waals surface area contributed by atoms with E-state index in [1.165, 1.54) is 7.11 Å². The zero-order chi connectivity index (χ0) is 10.7. The van der Waals surface area contributed by atoms with Crippen LogP contribution in [0, 0.1) is 0 Å². The summed E-state index contributed by atoms with van der Waals surface area (Å²) in [6, 6.07) is 5.35. The van der Waals surface area contributed by atoms with Crippen molar-refractivity contribution in [2.24, 2.45) is 0 Å². The van der Waals surface area contributed by atoms with Crippen LogP contribution in [0.25, 0.3) is 0 Å². The number of carbonyl (C=O) groups excluding carboxylic acids is 1. The maximum atomic E-state index is 11.3. The summed E-state index contributed by atoms with van der Waals surface area (Å²) < 4.78 is 10.1. The second-order valence-corrected chi connectivity index (χ2v) is 3.30. The van der Waals surface area contributed by atoms with E-state index in [0.29, 0.717) is 12.2 Å². The number of ether oxygens (including phenoxy) is 2. The first-order valence-corrected chi connectivity index (χ1v) is 4.80. The number of carbonyl (C=O) groups is 1. The van der Waals surface area contributed by atoms with Crippen LogP contribution in [0.4, 0.5) is 0 Å². The van der Waals surface area contributed by atoms with Crippen LogP contribution < -0.4 is 4.74 Å². The summed E-state index contributed by atoms with van der Waals surface area (Å²) in [7, 11) is 1.38. The fraction of sp³-hybridized carbons (Fsp3) is 0.250. The van der Waals surface area contributed by atoms with Crippen LogP contribution in [0.2, 0.25) is 0 Å². The van der Waals surface area contributed by atoms with Crippen molar-refractivity contribution in [2.75, 3.05) is 13.7 Å². The van der Waals surface area contributed by atoms with E-state index >= 15 is 0 Å². The SMILES string of the molecule is COC(=O)c1ccc2c(c1)CC=CCO2. The number of allylic oxidation sites excluding steroid dienone is 1. The molecular weight excluding hydrogens is 192 g/mol. The fourth-order valence-electron chi connectivity index (χ4n) is 1.54. The molecular formula is C12H12O3. The van der Waals surface area contributed by atoms with Crippen LogP contribution in [-0.4, -0.2) is 19.7 Å². The van der Waals surface area contributed by atoms with Gasteiger partial charge in [-0.3, -0.25) is 0 Å². The van der Waals surface area contributed by atoms with E-state index in [2.05, 4.69) is 4.74 Å². The monoisotopic (exact) mass is 204 g/mol. The first kappa shape index (κ1) is 9.77. The molecule has 0 aliphatic carbocycles. The van der Waals surface area contributed by atoms with E-state index < -0.39 is 0 Å². The number of rotatable bonds is 1. The minimum absolute atomic E-state index is 0.314. The molecule has 0 radical (unpaired) electrons. The van der Waals surface area contributed by atoms with Gasteiger partial charge in [0.05, 0.1) is 12.7 Å². The van der Waals surface area contributed by atoms with Crippen molar-refractivity contribution in [1.82, 2.24) is 0 Å². The summed E-state index contributed by atoms with van der Waals surface area (Å²) in [5.41, 5.74) is 1.59. The molecule has 0 amide bonds. The largest absolute Gasteiger partial charge is 0.489 e. The molecule has 0 saturated carbocycles. The first-order valence-electron chi connectivity index (χ1n) is 4.80. The zero-order valence-electron chi connectivity index (χ0n) is 8.53. The van der Waals surface area contributed by atoms with E-state index in [1.807, 2.05) is 24.3 Å². The van der Waals surface area contributed by atoms with Gasteiger partial charge in [0.2, 0.25) is 0 Å². The van der Waals surface area contributed by atoms with Crippen molar-refractivity contribution in [2.45, 2.75) is 6.42 Å². The van der Waals surface area contributed by atoms with Gasteiger partial charge in [0, 0.05) is 0 Å². The molecule has 1 aromatic carbocycles. The van der Waals surface area contributed by atoms with Crippen LogP contribution in [-0.2, 0) is 11.2 Å². The summed E-state index contributed by atoms with van der Waals surface area (Å²) in [6.45, 7) is 0.588. The van der Waals surface area contributed by atoms with Gasteiger partial charge in [-0.15, -0.1) is 0 Å². The number of benzene rings is 1. The summed E-state index contributed by atoms with van der Waals surface area (Å²) in [6.07, 6.45) is 4.80. The van der Waals surface area contributed by atoms with Gasteiger partial charge in [0.25, 0.3) is 0 Å². The van der Waals surface area contributed by atoms with Crippen LogP contribution >= 0.6 is 0 Å². The van der Waals surface area contributed by atoms with Crippen LogP contribution in [0.1, 0.15) is 15.9 Å². The molecule has 3 heteroatoms. The van der Waals surface area contributed by atoms with Gasteiger partial charge >= 0.3 is 5.97 Å². The predicted octanol–water partition coefficient (Wildman–Crippen LogP) is 1.96. The minimum Gasteiger partial charge on any atom is -0.489 e. The molecule has 0 atom stereocenters. The predicted molar refractivity (Wildman–Crippen MR) is 56.1 cm³/mol. The van der Waals surface area contributed by atoms with E-state index in [9.17, 15) is 4.79 Å². The molecule has 2 rings (SSSR count). The standard InChI is InChI=1S/C12H12O3/c1-14-12(13)10-5-6-11-9(8-10)4-2-3-7-15-11/h2-3,5-6,8H,4,7H2,1H3. The molecule has 3 nitrogen and oxygen atoms in total. The molecule has 0 bridgehead atoms. The summed E-state index contributed by atoms with van der Waals surface area (Å²) >= 11 is 0. The molecule has 0 saturated heterocycles. The average Bonchev–Trinajstić information content (AvgIpc) is 2.51. The Labute approximate surface area is 88.3 Å². The molecule has 1 aromatic rings. The van der Waals surface area contributed by atoms with Gasteiger partial charge in [0.15, 0.2) is 0 Å². The van der Waals surface area contributed by atoms with Gasteiger partial charge in [-0.1, -0.05) is 12.2 Å². The smallest absolute Gasteiger partial charge is 0.337 e. The lowest BCUT2D eigenvalue weighted by Gasteiger charge is -2.08. The number of hydrogen-bond acceptors (Lipinski definition) is 3. The van der Waals surface area contributed by atoms with Crippen molar-refractivity contribution in [3.8, 4) is 5.75 Å². The molecule has 1 aliphatic rings. The molecule has 1 heterocycles. The quantitative estimate of drug-likeness (QED) is 0.518. The Morgan fingerprint density at radius 3 is 3.07 bits per heavy atom. The average molecular weight is 204 g/mol. The Balaban J connectivity index is 2.35. The van der Waals surface area contributed by atoms with E-state index in [1.54, 1.807) is 6.07 Å². The van der Waals surface area contributed by atoms with Crippen LogP contribution in [0.15, 0.2) is 30.4 Å². The molecule has 0 aromatic heterocycles. The van der Waals surface area contributed by atoms with Crippen LogP contribution in [0.5, 0.6) is 5.75 Å². The molecule has 78 valence electrons. The van der Waals surface area contributed by atoms with Crippen molar-refractivity contribution >= 4 is 5.97 Å². The molecule has 15 heavy (non-hydrogen) atoms. The van der Waals surface area contributed by atoms with Gasteiger partial charge in [-0.25, -0.2) is 4.79 Å². The lowest BCUT2D eigenvalue weighted by Crippen LogP contribution is -2.03. The Morgan fingerprint density at radius 1 is 1.40 bits per heavy atom. The zero-order valence-corrected chi connectivity index (χ0v) is 8.53. The van der Waals surface area contributed by atoms with Crippen molar-refractivity contribution in [3.05, 3.63) is 41.5 Å². The normalized spacial score (nSPS) is 13.7. The topological polar surface area (TPSA) is 35.5 Å². The minimum atomic E-state index is -0.314. The summed E-state index contributed by atoms with van der Waals surface area (Å²) in [5.74, 6) is 0.527. The van der Waals surface area contributed by atoms with Crippen molar-refractivity contribution in [3.63, 3.8) is 0 Å². The van der Waals surface area contributed by atoms with Gasteiger partial charge < -0.3 is 9.47 Å². The Morgan fingerprint density at radius 2 is 2.27 bits per heavy atom. The number of fused-ring (bicyclic) bond motifs is 1. The van der Waals surface area contributed by atoms with Gasteiger partial charge in [-0.2, -0.15) is 0 Å². The third-order valence-electron chi connectivity index (χ3n) is 2.32. The van der Waals surface area contributed by atoms with Gasteiger partial charge in [0.1, 0.15) is 12.4 Å². The molecule has 0 fully saturated rings. The Hall–Kier alpha value is -1.77. The third-order valence-corrected chi connectivity index (χ3v) is 2.32. The van der Waals surface area contributed by atoms with E-state index in [0.717, 1.165) is 17.7 Å². The number of esters is 1. The van der Waals surface area contributed by atoms with E-state index in [4.69, 9.17) is 4.74 Å². The van der Waals surface area contributed by atoms with Crippen LogP contribution in [0.3, 0.4) is 0 Å².